The fourth-order valence-electron chi connectivity index (χ4n) is 1.56. The van der Waals surface area contributed by atoms with Crippen LogP contribution in [0.5, 0.6) is 5.75 Å². The maximum atomic E-state index is 6.02. The van der Waals surface area contributed by atoms with Gasteiger partial charge < -0.3 is 10.5 Å². The van der Waals surface area contributed by atoms with Gasteiger partial charge in [-0.3, -0.25) is 4.98 Å². The Morgan fingerprint density at radius 3 is 2.93 bits per heavy atom. The Morgan fingerprint density at radius 2 is 2.27 bits per heavy atom. The number of nitrogens with zero attached hydrogens (tertiary/aromatic N) is 1. The molecule has 3 heteroatoms. The smallest absolute Gasteiger partial charge is 0.119 e. The lowest BCUT2D eigenvalue weighted by molar-refractivity contribution is 0.415. The minimum atomic E-state index is 0.645. The molecule has 1 heterocycles. The van der Waals surface area contributed by atoms with E-state index in [2.05, 4.69) is 11.9 Å². The van der Waals surface area contributed by atoms with Crippen LogP contribution in [0.15, 0.2) is 24.4 Å². The molecule has 2 aromatic rings. The Morgan fingerprint density at radius 1 is 1.47 bits per heavy atom. The number of nitrogens with two attached hydrogens (primary N) is 1. The first kappa shape index (κ1) is 9.77. The van der Waals surface area contributed by atoms with Crippen LogP contribution in [-0.2, 0) is 6.42 Å². The predicted molar refractivity (Wildman–Crippen MR) is 61.8 cm³/mol. The van der Waals surface area contributed by atoms with Gasteiger partial charge in [-0.1, -0.05) is 0 Å². The van der Waals surface area contributed by atoms with E-state index in [1.54, 1.807) is 13.3 Å². The standard InChI is InChI=1S/C12H13N2O/c1-3-8-7-14-11-5-4-9(15-2)6-10(11)12(8)13/h4-7H,1,3H2,2H3,(H2,13,14). The van der Waals surface area contributed by atoms with Crippen molar-refractivity contribution in [3.8, 4) is 5.75 Å². The average Bonchev–Trinajstić information content (AvgIpc) is 2.29. The largest absolute Gasteiger partial charge is 0.497 e. The summed E-state index contributed by atoms with van der Waals surface area (Å²) in [6.07, 6.45) is 2.42. The van der Waals surface area contributed by atoms with Crippen LogP contribution in [0.2, 0.25) is 0 Å². The van der Waals surface area contributed by atoms with Gasteiger partial charge in [-0.2, -0.15) is 0 Å². The molecule has 1 radical (unpaired) electrons. The molecule has 15 heavy (non-hydrogen) atoms. The lowest BCUT2D eigenvalue weighted by Gasteiger charge is -2.07. The number of anilines is 1. The Bertz CT molecular complexity index is 489. The van der Waals surface area contributed by atoms with Crippen LogP contribution >= 0.6 is 0 Å². The number of ether oxygens (including phenoxy) is 1. The average molecular weight is 201 g/mol. The highest BCUT2D eigenvalue weighted by Crippen LogP contribution is 2.26. The number of nitrogen functional groups attached to an aromatic ring is 1. The van der Waals surface area contributed by atoms with Crippen molar-refractivity contribution in [1.29, 1.82) is 0 Å². The van der Waals surface area contributed by atoms with Crippen molar-refractivity contribution < 1.29 is 4.74 Å². The third kappa shape index (κ3) is 1.61. The number of pyridine rings is 1. The molecule has 0 atom stereocenters. The highest BCUT2D eigenvalue weighted by atomic mass is 16.5. The second-order valence-electron chi connectivity index (χ2n) is 3.33. The summed E-state index contributed by atoms with van der Waals surface area (Å²) in [5.41, 5.74) is 8.61. The Balaban J connectivity index is 2.72. The lowest BCUT2D eigenvalue weighted by atomic mass is 10.1. The van der Waals surface area contributed by atoms with E-state index in [0.29, 0.717) is 6.42 Å². The highest BCUT2D eigenvalue weighted by Gasteiger charge is 2.05. The number of aromatic nitrogens is 1. The molecule has 2 rings (SSSR count). The predicted octanol–water partition coefficient (Wildman–Crippen LogP) is 2.20. The number of fused-ring (bicyclic) bond motifs is 1. The fraction of sp³-hybridized carbons (Fsp3) is 0.167. The number of hydrogen-bond acceptors (Lipinski definition) is 3. The third-order valence-electron chi connectivity index (χ3n) is 2.47. The molecule has 1 aromatic carbocycles. The zero-order valence-electron chi connectivity index (χ0n) is 8.66. The van der Waals surface area contributed by atoms with Crippen molar-refractivity contribution in [3.05, 3.63) is 36.9 Å². The summed E-state index contributed by atoms with van der Waals surface area (Å²) < 4.78 is 5.15. The number of benzene rings is 1. The van der Waals surface area contributed by atoms with Crippen LogP contribution in [0.4, 0.5) is 5.69 Å². The molecule has 0 aliphatic rings. The summed E-state index contributed by atoms with van der Waals surface area (Å²) in [5.74, 6) is 0.789. The summed E-state index contributed by atoms with van der Waals surface area (Å²) in [6, 6.07) is 5.67. The zero-order valence-corrected chi connectivity index (χ0v) is 8.66. The van der Waals surface area contributed by atoms with Crippen LogP contribution in [0.3, 0.4) is 0 Å². The molecule has 77 valence electrons. The third-order valence-corrected chi connectivity index (χ3v) is 2.47. The normalized spacial score (nSPS) is 10.5. The van der Waals surface area contributed by atoms with E-state index in [9.17, 15) is 0 Å². The zero-order chi connectivity index (χ0) is 10.8. The molecule has 2 N–H and O–H groups in total. The summed E-state index contributed by atoms with van der Waals surface area (Å²) >= 11 is 0. The lowest BCUT2D eigenvalue weighted by Crippen LogP contribution is -1.96. The van der Waals surface area contributed by atoms with Gasteiger partial charge >= 0.3 is 0 Å². The molecule has 0 saturated carbocycles. The summed E-state index contributed by atoms with van der Waals surface area (Å²) in [4.78, 5) is 4.31. The van der Waals surface area contributed by atoms with Crippen LogP contribution < -0.4 is 10.5 Å². The molecule has 0 aliphatic carbocycles. The van der Waals surface area contributed by atoms with Crippen LogP contribution in [-0.4, -0.2) is 12.1 Å². The van der Waals surface area contributed by atoms with Gasteiger partial charge in [-0.15, -0.1) is 0 Å². The quantitative estimate of drug-likeness (QED) is 0.810. The van der Waals surface area contributed by atoms with Crippen LogP contribution in [0.1, 0.15) is 5.56 Å². The summed E-state index contributed by atoms with van der Waals surface area (Å²) in [7, 11) is 1.63. The van der Waals surface area contributed by atoms with E-state index < -0.39 is 0 Å². The van der Waals surface area contributed by atoms with Gasteiger partial charge in [0.15, 0.2) is 0 Å². The van der Waals surface area contributed by atoms with E-state index in [1.165, 1.54) is 0 Å². The van der Waals surface area contributed by atoms with E-state index in [1.807, 2.05) is 18.2 Å². The van der Waals surface area contributed by atoms with Crippen molar-refractivity contribution >= 4 is 16.6 Å². The Hall–Kier alpha value is -1.77. The van der Waals surface area contributed by atoms with Crippen molar-refractivity contribution in [2.24, 2.45) is 0 Å². The molecule has 0 saturated heterocycles. The molecular weight excluding hydrogens is 188 g/mol. The van der Waals surface area contributed by atoms with E-state index in [-0.39, 0.29) is 0 Å². The van der Waals surface area contributed by atoms with Gasteiger partial charge in [-0.25, -0.2) is 0 Å². The topological polar surface area (TPSA) is 48.1 Å². The second-order valence-corrected chi connectivity index (χ2v) is 3.33. The van der Waals surface area contributed by atoms with Crippen molar-refractivity contribution in [3.63, 3.8) is 0 Å². The number of methoxy groups -OCH3 is 1. The second kappa shape index (κ2) is 3.77. The molecule has 1 aromatic heterocycles. The van der Waals surface area contributed by atoms with Gasteiger partial charge in [0.05, 0.1) is 12.6 Å². The van der Waals surface area contributed by atoms with Crippen LogP contribution in [0.25, 0.3) is 10.9 Å². The van der Waals surface area contributed by atoms with Crippen molar-refractivity contribution in [1.82, 2.24) is 4.98 Å². The maximum absolute atomic E-state index is 6.02. The molecule has 0 unspecified atom stereocenters. The Kier molecular flexibility index (Phi) is 2.46. The minimum absolute atomic E-state index is 0.645. The van der Waals surface area contributed by atoms with Gasteiger partial charge in [0.2, 0.25) is 0 Å². The van der Waals surface area contributed by atoms with Crippen molar-refractivity contribution in [2.75, 3.05) is 12.8 Å². The van der Waals surface area contributed by atoms with Gasteiger partial charge in [0, 0.05) is 17.3 Å². The molecule has 0 spiro atoms. The number of rotatable bonds is 2. The van der Waals surface area contributed by atoms with E-state index in [0.717, 1.165) is 27.9 Å². The van der Waals surface area contributed by atoms with E-state index in [4.69, 9.17) is 10.5 Å². The fourth-order valence-corrected chi connectivity index (χ4v) is 1.56. The van der Waals surface area contributed by atoms with E-state index >= 15 is 0 Å². The molecule has 0 fully saturated rings. The molecule has 3 nitrogen and oxygen atoms in total. The van der Waals surface area contributed by atoms with Gasteiger partial charge in [-0.05, 0) is 37.1 Å². The monoisotopic (exact) mass is 201 g/mol. The molecular formula is C12H13N2O. The first-order valence-electron chi connectivity index (χ1n) is 4.76. The summed E-state index contributed by atoms with van der Waals surface area (Å²) in [5, 5.41) is 0.926. The molecule has 0 bridgehead atoms. The Labute approximate surface area is 88.9 Å². The van der Waals surface area contributed by atoms with Gasteiger partial charge in [0.25, 0.3) is 0 Å². The summed E-state index contributed by atoms with van der Waals surface area (Å²) in [6.45, 7) is 3.81. The van der Waals surface area contributed by atoms with Crippen molar-refractivity contribution in [2.45, 2.75) is 6.42 Å². The van der Waals surface area contributed by atoms with Crippen LogP contribution in [0, 0.1) is 6.92 Å². The first-order valence-corrected chi connectivity index (χ1v) is 4.76. The van der Waals surface area contributed by atoms with Gasteiger partial charge in [0.1, 0.15) is 5.75 Å². The SMILES string of the molecule is [CH2]Cc1cnc2ccc(OC)cc2c1N. The maximum Gasteiger partial charge on any atom is 0.119 e. The first-order chi connectivity index (χ1) is 7.26. The highest BCUT2D eigenvalue weighted by molar-refractivity contribution is 5.92. The molecule has 0 amide bonds. The minimum Gasteiger partial charge on any atom is -0.497 e. The molecule has 0 aliphatic heterocycles. The number of hydrogen-bond donors (Lipinski definition) is 1.